The number of carbonyl (C=O) groups is 2. The number of nitrogens with one attached hydrogen (secondary N) is 2. The maximum absolute atomic E-state index is 13.6. The van der Waals surface area contributed by atoms with Crippen LogP contribution in [0.2, 0.25) is 5.02 Å². The summed E-state index contributed by atoms with van der Waals surface area (Å²) in [7, 11) is 0. The van der Waals surface area contributed by atoms with E-state index in [1.165, 1.54) is 0 Å². The lowest BCUT2D eigenvalue weighted by Crippen LogP contribution is -2.28. The van der Waals surface area contributed by atoms with E-state index < -0.39 is 11.8 Å². The quantitative estimate of drug-likeness (QED) is 0.175. The van der Waals surface area contributed by atoms with E-state index in [0.717, 1.165) is 23.1 Å². The van der Waals surface area contributed by atoms with E-state index >= 15 is 0 Å². The Hall–Kier alpha value is -5.14. The fourth-order valence-corrected chi connectivity index (χ4v) is 5.63. The first-order valence-electron chi connectivity index (χ1n) is 14.4. The fourth-order valence-electron chi connectivity index (χ4n) is 5.45. The smallest absolute Gasteiger partial charge is 0.291 e. The molecule has 2 amide bonds. The minimum Gasteiger partial charge on any atom is -0.455 e. The summed E-state index contributed by atoms with van der Waals surface area (Å²) in [5, 5.41) is 7.93. The molecule has 44 heavy (non-hydrogen) atoms. The first kappa shape index (κ1) is 29.0. The summed E-state index contributed by atoms with van der Waals surface area (Å²) in [5.41, 5.74) is 7.05. The molecule has 6 rings (SSSR count). The minimum atomic E-state index is -0.526. The van der Waals surface area contributed by atoms with Crippen molar-refractivity contribution in [2.24, 2.45) is 5.10 Å². The predicted octanol–water partition coefficient (Wildman–Crippen LogP) is 8.27. The zero-order valence-corrected chi connectivity index (χ0v) is 24.8. The van der Waals surface area contributed by atoms with Crippen molar-refractivity contribution in [1.29, 1.82) is 0 Å². The largest absolute Gasteiger partial charge is 0.455 e. The summed E-state index contributed by atoms with van der Waals surface area (Å²) in [6.07, 6.45) is 2.08. The number of para-hydroxylation sites is 1. The molecule has 0 bridgehead atoms. The van der Waals surface area contributed by atoms with Crippen LogP contribution in [0.5, 0.6) is 11.5 Å². The van der Waals surface area contributed by atoms with Gasteiger partial charge in [0.2, 0.25) is 0 Å². The molecule has 0 unspecified atom stereocenters. The Labute approximate surface area is 260 Å². The third-order valence-corrected chi connectivity index (χ3v) is 7.76. The number of anilines is 1. The molecular weight excluding hydrogens is 574 g/mol. The standard InChI is InChI=1S/C36H30ClN3O4/c1-23-32-28(39-40-35(41)33(24-12-5-2-6-13-24)25-14-7-3-8-15-25)18-11-19-31(32)44-34(23)36(42)38-29-22-26(37)20-21-30(29)43-27-16-9-4-10-17-27/h2-10,12-17,20-22,33H,11,18-19H2,1H3,(H,38,42)(H,40,41)/b39-28+. The van der Waals surface area contributed by atoms with Crippen LogP contribution in [0.3, 0.4) is 0 Å². The maximum Gasteiger partial charge on any atom is 0.291 e. The number of furan rings is 1. The average Bonchev–Trinajstić information content (AvgIpc) is 3.40. The number of ether oxygens (including phenoxy) is 1. The fraction of sp³-hybridized carbons (Fsp3) is 0.139. The molecule has 0 saturated heterocycles. The summed E-state index contributed by atoms with van der Waals surface area (Å²) >= 11 is 6.26. The Morgan fingerprint density at radius 1 is 0.864 bits per heavy atom. The predicted molar refractivity (Wildman–Crippen MR) is 172 cm³/mol. The van der Waals surface area contributed by atoms with Gasteiger partial charge in [-0.2, -0.15) is 5.10 Å². The Morgan fingerprint density at radius 2 is 1.50 bits per heavy atom. The number of rotatable bonds is 8. The second-order valence-electron chi connectivity index (χ2n) is 10.5. The number of hydrogen-bond acceptors (Lipinski definition) is 5. The van der Waals surface area contributed by atoms with Gasteiger partial charge < -0.3 is 14.5 Å². The number of hydrazone groups is 1. The van der Waals surface area contributed by atoms with Crippen LogP contribution in [-0.4, -0.2) is 17.5 Å². The third-order valence-electron chi connectivity index (χ3n) is 7.52. The SMILES string of the molecule is Cc1c(C(=O)Nc2cc(Cl)ccc2Oc2ccccc2)oc2c1/C(=N/NC(=O)C(c1ccccc1)c1ccccc1)CCC2. The van der Waals surface area contributed by atoms with Gasteiger partial charge in [0.1, 0.15) is 11.5 Å². The van der Waals surface area contributed by atoms with Crippen LogP contribution in [0.25, 0.3) is 0 Å². The van der Waals surface area contributed by atoms with Crippen LogP contribution in [0.1, 0.15) is 57.3 Å². The van der Waals surface area contributed by atoms with Crippen LogP contribution >= 0.6 is 11.6 Å². The molecule has 5 aromatic rings. The second kappa shape index (κ2) is 13.0. The number of aryl methyl sites for hydroxylation is 1. The molecule has 0 aliphatic heterocycles. The van der Waals surface area contributed by atoms with E-state index in [1.54, 1.807) is 18.2 Å². The molecule has 0 atom stereocenters. The highest BCUT2D eigenvalue weighted by atomic mass is 35.5. The normalized spacial score (nSPS) is 13.4. The molecule has 7 nitrogen and oxygen atoms in total. The highest BCUT2D eigenvalue weighted by Crippen LogP contribution is 2.34. The van der Waals surface area contributed by atoms with Gasteiger partial charge in [-0.1, -0.05) is 90.5 Å². The average molecular weight is 604 g/mol. The number of hydrogen-bond donors (Lipinski definition) is 2. The van der Waals surface area contributed by atoms with Crippen molar-refractivity contribution in [3.63, 3.8) is 0 Å². The number of nitrogens with zero attached hydrogens (tertiary/aromatic N) is 1. The maximum atomic E-state index is 13.6. The molecule has 1 aliphatic rings. The monoisotopic (exact) mass is 603 g/mol. The number of fused-ring (bicyclic) bond motifs is 1. The van der Waals surface area contributed by atoms with Crippen molar-refractivity contribution in [2.45, 2.75) is 32.1 Å². The summed E-state index contributed by atoms with van der Waals surface area (Å²) in [6, 6.07) is 33.6. The van der Waals surface area contributed by atoms with Crippen molar-refractivity contribution >= 4 is 34.8 Å². The van der Waals surface area contributed by atoms with E-state index in [9.17, 15) is 9.59 Å². The van der Waals surface area contributed by atoms with Crippen molar-refractivity contribution in [2.75, 3.05) is 5.32 Å². The summed E-state index contributed by atoms with van der Waals surface area (Å²) in [5.74, 6) is 0.705. The van der Waals surface area contributed by atoms with Crippen molar-refractivity contribution in [3.05, 3.63) is 148 Å². The van der Waals surface area contributed by atoms with Crippen LogP contribution < -0.4 is 15.5 Å². The summed E-state index contributed by atoms with van der Waals surface area (Å²) < 4.78 is 12.1. The summed E-state index contributed by atoms with van der Waals surface area (Å²) in [4.78, 5) is 27.1. The van der Waals surface area contributed by atoms with Crippen LogP contribution in [0.15, 0.2) is 119 Å². The van der Waals surface area contributed by atoms with Gasteiger partial charge in [0.15, 0.2) is 11.5 Å². The van der Waals surface area contributed by atoms with Gasteiger partial charge >= 0.3 is 0 Å². The molecule has 4 aromatic carbocycles. The zero-order valence-electron chi connectivity index (χ0n) is 24.0. The molecular formula is C36H30ClN3O4. The third kappa shape index (κ3) is 6.28. The summed E-state index contributed by atoms with van der Waals surface area (Å²) in [6.45, 7) is 1.83. The first-order valence-corrected chi connectivity index (χ1v) is 14.8. The van der Waals surface area contributed by atoms with Gasteiger partial charge in [0.05, 0.1) is 17.3 Å². The lowest BCUT2D eigenvalue weighted by Gasteiger charge is -2.18. The Balaban J connectivity index is 1.25. The molecule has 1 aliphatic carbocycles. The molecule has 220 valence electrons. The van der Waals surface area contributed by atoms with Gasteiger partial charge in [-0.25, -0.2) is 5.43 Å². The highest BCUT2D eigenvalue weighted by molar-refractivity contribution is 6.31. The van der Waals surface area contributed by atoms with E-state index in [4.69, 9.17) is 20.8 Å². The Morgan fingerprint density at radius 3 is 2.16 bits per heavy atom. The molecule has 1 heterocycles. The van der Waals surface area contributed by atoms with E-state index in [-0.39, 0.29) is 11.7 Å². The molecule has 0 radical (unpaired) electrons. The molecule has 0 fully saturated rings. The zero-order chi connectivity index (χ0) is 30.5. The van der Waals surface area contributed by atoms with Crippen LogP contribution in [0, 0.1) is 6.92 Å². The van der Waals surface area contributed by atoms with E-state index in [1.807, 2.05) is 97.9 Å². The molecule has 8 heteroatoms. The molecule has 0 saturated carbocycles. The van der Waals surface area contributed by atoms with Crippen molar-refractivity contribution in [3.8, 4) is 11.5 Å². The van der Waals surface area contributed by atoms with Crippen LogP contribution in [-0.2, 0) is 11.2 Å². The minimum absolute atomic E-state index is 0.174. The highest BCUT2D eigenvalue weighted by Gasteiger charge is 2.29. The molecule has 2 N–H and O–H groups in total. The Bertz CT molecular complexity index is 1780. The van der Waals surface area contributed by atoms with Gasteiger partial charge in [-0.15, -0.1) is 0 Å². The molecule has 1 aromatic heterocycles. The van der Waals surface area contributed by atoms with Gasteiger partial charge in [0.25, 0.3) is 11.8 Å². The van der Waals surface area contributed by atoms with Crippen molar-refractivity contribution in [1.82, 2.24) is 5.43 Å². The van der Waals surface area contributed by atoms with Gasteiger partial charge in [0, 0.05) is 22.6 Å². The van der Waals surface area contributed by atoms with Crippen molar-refractivity contribution < 1.29 is 18.7 Å². The van der Waals surface area contributed by atoms with E-state index in [2.05, 4.69) is 15.8 Å². The van der Waals surface area contributed by atoms with Crippen LogP contribution in [0.4, 0.5) is 5.69 Å². The lowest BCUT2D eigenvalue weighted by atomic mass is 9.90. The Kier molecular flexibility index (Phi) is 8.57. The number of carbonyl (C=O) groups excluding carboxylic acids is 2. The van der Waals surface area contributed by atoms with Gasteiger partial charge in [-0.3, -0.25) is 9.59 Å². The number of amides is 2. The lowest BCUT2D eigenvalue weighted by molar-refractivity contribution is -0.121. The first-order chi connectivity index (χ1) is 21.5. The molecule has 0 spiro atoms. The number of halogens is 1. The van der Waals surface area contributed by atoms with Gasteiger partial charge in [-0.05, 0) is 61.2 Å². The van der Waals surface area contributed by atoms with E-state index in [0.29, 0.717) is 52.1 Å². The number of benzene rings is 4. The second-order valence-corrected chi connectivity index (χ2v) is 10.9. The topological polar surface area (TPSA) is 92.9 Å².